The van der Waals surface area contributed by atoms with Gasteiger partial charge in [0.25, 0.3) is 5.91 Å². The maximum atomic E-state index is 11.8. The lowest BCUT2D eigenvalue weighted by Crippen LogP contribution is -2.36. The second kappa shape index (κ2) is 4.59. The Bertz CT molecular complexity index is 324. The average molecular weight is 261 g/mol. The smallest absolute Gasteiger partial charge is 0.291 e. The van der Waals surface area contributed by atoms with Gasteiger partial charge in [0.15, 0.2) is 6.39 Å². The molecule has 1 amide bonds. The number of amides is 1. The number of halogens is 1. The molecule has 0 N–H and O–H groups in total. The van der Waals surface area contributed by atoms with Crippen molar-refractivity contribution in [1.29, 1.82) is 0 Å². The minimum Gasteiger partial charge on any atom is -0.438 e. The molecule has 78 valence electrons. The zero-order valence-electron chi connectivity index (χ0n) is 8.45. The highest BCUT2D eigenvalue weighted by Gasteiger charge is 2.21. The fourth-order valence-corrected chi connectivity index (χ4v) is 1.41. The fourth-order valence-electron chi connectivity index (χ4n) is 0.971. The van der Waals surface area contributed by atoms with Crippen LogP contribution in [0, 0.1) is 6.92 Å². The Labute approximate surface area is 91.4 Å². The summed E-state index contributed by atoms with van der Waals surface area (Å²) >= 11 is 3.33. The second-order valence-electron chi connectivity index (χ2n) is 3.19. The third-order valence-electron chi connectivity index (χ3n) is 2.14. The van der Waals surface area contributed by atoms with Gasteiger partial charge in [-0.15, -0.1) is 0 Å². The summed E-state index contributed by atoms with van der Waals surface area (Å²) in [5.74, 6) is 0.187. The highest BCUT2D eigenvalue weighted by molar-refractivity contribution is 9.09. The lowest BCUT2D eigenvalue weighted by Gasteiger charge is -2.21. The molecule has 4 nitrogen and oxygen atoms in total. The van der Waals surface area contributed by atoms with Crippen LogP contribution in [0.3, 0.4) is 0 Å². The lowest BCUT2D eigenvalue weighted by molar-refractivity contribution is 0.0725. The van der Waals surface area contributed by atoms with Crippen molar-refractivity contribution in [2.24, 2.45) is 0 Å². The Hall–Kier alpha value is -0.840. The molecule has 0 aromatic carbocycles. The van der Waals surface area contributed by atoms with Gasteiger partial charge in [-0.3, -0.25) is 4.79 Å². The average Bonchev–Trinajstić information content (AvgIpc) is 2.61. The largest absolute Gasteiger partial charge is 0.438 e. The van der Waals surface area contributed by atoms with E-state index in [1.54, 1.807) is 18.9 Å². The first-order valence-electron chi connectivity index (χ1n) is 4.31. The van der Waals surface area contributed by atoms with Crippen LogP contribution in [-0.2, 0) is 0 Å². The van der Waals surface area contributed by atoms with Crippen LogP contribution in [0.1, 0.15) is 23.2 Å². The van der Waals surface area contributed by atoms with Crippen LogP contribution >= 0.6 is 15.9 Å². The number of aromatic nitrogens is 1. The van der Waals surface area contributed by atoms with Gasteiger partial charge in [0, 0.05) is 18.4 Å². The zero-order chi connectivity index (χ0) is 10.7. The maximum absolute atomic E-state index is 11.8. The number of oxazole rings is 1. The Kier molecular flexibility index (Phi) is 3.69. The summed E-state index contributed by atoms with van der Waals surface area (Å²) in [6.45, 7) is 3.71. The molecule has 0 spiro atoms. The van der Waals surface area contributed by atoms with Gasteiger partial charge in [-0.05, 0) is 13.8 Å². The molecule has 1 heterocycles. The summed E-state index contributed by atoms with van der Waals surface area (Å²) < 4.78 is 5.02. The van der Waals surface area contributed by atoms with Crippen molar-refractivity contribution in [2.75, 3.05) is 12.4 Å². The van der Waals surface area contributed by atoms with E-state index in [1.165, 1.54) is 6.39 Å². The Morgan fingerprint density at radius 1 is 1.79 bits per heavy atom. The van der Waals surface area contributed by atoms with Gasteiger partial charge in [-0.25, -0.2) is 4.98 Å². The molecule has 1 unspecified atom stereocenters. The molecule has 0 aliphatic carbocycles. The van der Waals surface area contributed by atoms with Crippen molar-refractivity contribution < 1.29 is 9.21 Å². The summed E-state index contributed by atoms with van der Waals surface area (Å²) in [7, 11) is 1.75. The quantitative estimate of drug-likeness (QED) is 0.780. The number of alkyl halides is 1. The van der Waals surface area contributed by atoms with Crippen LogP contribution in [0.15, 0.2) is 10.8 Å². The molecule has 0 saturated heterocycles. The van der Waals surface area contributed by atoms with E-state index < -0.39 is 0 Å². The van der Waals surface area contributed by atoms with Gasteiger partial charge < -0.3 is 9.32 Å². The van der Waals surface area contributed by atoms with E-state index in [0.29, 0.717) is 11.5 Å². The number of carbonyl (C=O) groups is 1. The van der Waals surface area contributed by atoms with Gasteiger partial charge in [-0.2, -0.15) is 0 Å². The molecule has 5 heteroatoms. The molecule has 0 radical (unpaired) electrons. The van der Waals surface area contributed by atoms with Crippen molar-refractivity contribution in [3.05, 3.63) is 17.8 Å². The van der Waals surface area contributed by atoms with Gasteiger partial charge in [0.05, 0.1) is 5.69 Å². The minimum absolute atomic E-state index is 0.131. The van der Waals surface area contributed by atoms with E-state index in [1.807, 2.05) is 6.92 Å². The summed E-state index contributed by atoms with van der Waals surface area (Å²) in [6.07, 6.45) is 1.29. The normalized spacial score (nSPS) is 12.6. The third-order valence-corrected chi connectivity index (χ3v) is 3.08. The molecule has 0 saturated carbocycles. The summed E-state index contributed by atoms with van der Waals surface area (Å²) in [5.41, 5.74) is 0.628. The standard InChI is InChI=1S/C9H13BrN2O2/c1-6(4-10)12(3)9(13)8-7(2)11-5-14-8/h5-6H,4H2,1-3H3. The Morgan fingerprint density at radius 2 is 2.43 bits per heavy atom. The van der Waals surface area contributed by atoms with Crippen LogP contribution in [-0.4, -0.2) is 34.2 Å². The predicted octanol–water partition coefficient (Wildman–Crippen LogP) is 1.84. The molecule has 0 aliphatic rings. The zero-order valence-corrected chi connectivity index (χ0v) is 10.0. The second-order valence-corrected chi connectivity index (χ2v) is 3.83. The van der Waals surface area contributed by atoms with E-state index in [4.69, 9.17) is 4.42 Å². The topological polar surface area (TPSA) is 46.3 Å². The fraction of sp³-hybridized carbons (Fsp3) is 0.556. The number of carbonyl (C=O) groups excluding carboxylic acids is 1. The number of nitrogens with zero attached hydrogens (tertiary/aromatic N) is 2. The lowest BCUT2D eigenvalue weighted by atomic mass is 10.3. The first-order valence-corrected chi connectivity index (χ1v) is 5.43. The van der Waals surface area contributed by atoms with Crippen molar-refractivity contribution >= 4 is 21.8 Å². The maximum Gasteiger partial charge on any atom is 0.291 e. The third kappa shape index (κ3) is 2.15. The minimum atomic E-state index is -0.132. The van der Waals surface area contributed by atoms with E-state index in [9.17, 15) is 4.79 Å². The number of aryl methyl sites for hydroxylation is 1. The SMILES string of the molecule is Cc1ncoc1C(=O)N(C)C(C)CBr. The van der Waals surface area contributed by atoms with Crippen molar-refractivity contribution in [1.82, 2.24) is 9.88 Å². The highest BCUT2D eigenvalue weighted by Crippen LogP contribution is 2.11. The Morgan fingerprint density at radius 3 is 2.86 bits per heavy atom. The van der Waals surface area contributed by atoms with E-state index >= 15 is 0 Å². The van der Waals surface area contributed by atoms with Crippen LogP contribution < -0.4 is 0 Å². The van der Waals surface area contributed by atoms with Gasteiger partial charge in [-0.1, -0.05) is 15.9 Å². The van der Waals surface area contributed by atoms with Crippen LogP contribution in [0.4, 0.5) is 0 Å². The number of hydrogen-bond acceptors (Lipinski definition) is 3. The number of rotatable bonds is 3. The van der Waals surface area contributed by atoms with Gasteiger partial charge in [0.2, 0.25) is 5.76 Å². The molecule has 1 aromatic heterocycles. The highest BCUT2D eigenvalue weighted by atomic mass is 79.9. The van der Waals surface area contributed by atoms with E-state index in [2.05, 4.69) is 20.9 Å². The van der Waals surface area contributed by atoms with E-state index in [-0.39, 0.29) is 11.9 Å². The summed E-state index contributed by atoms with van der Waals surface area (Å²) in [6, 6.07) is 0.131. The summed E-state index contributed by atoms with van der Waals surface area (Å²) in [4.78, 5) is 17.3. The monoisotopic (exact) mass is 260 g/mol. The van der Waals surface area contributed by atoms with Crippen LogP contribution in [0.5, 0.6) is 0 Å². The molecular formula is C9H13BrN2O2. The van der Waals surface area contributed by atoms with Crippen molar-refractivity contribution in [3.63, 3.8) is 0 Å². The molecule has 14 heavy (non-hydrogen) atoms. The molecule has 0 aliphatic heterocycles. The van der Waals surface area contributed by atoms with Crippen LogP contribution in [0.2, 0.25) is 0 Å². The van der Waals surface area contributed by atoms with E-state index in [0.717, 1.165) is 5.33 Å². The molecule has 1 atom stereocenters. The van der Waals surface area contributed by atoms with Crippen molar-refractivity contribution in [2.45, 2.75) is 19.9 Å². The van der Waals surface area contributed by atoms with Gasteiger partial charge in [0.1, 0.15) is 0 Å². The molecule has 1 aromatic rings. The van der Waals surface area contributed by atoms with Gasteiger partial charge >= 0.3 is 0 Å². The van der Waals surface area contributed by atoms with Crippen LogP contribution in [0.25, 0.3) is 0 Å². The number of hydrogen-bond donors (Lipinski definition) is 0. The molecule has 0 bridgehead atoms. The first kappa shape index (κ1) is 11.2. The summed E-state index contributed by atoms with van der Waals surface area (Å²) in [5, 5.41) is 0.739. The molecular weight excluding hydrogens is 248 g/mol. The molecule has 1 rings (SSSR count). The first-order chi connectivity index (χ1) is 6.57. The van der Waals surface area contributed by atoms with Crippen molar-refractivity contribution in [3.8, 4) is 0 Å². The molecule has 0 fully saturated rings. The Balaban J connectivity index is 2.81. The predicted molar refractivity (Wildman–Crippen MR) is 56.6 cm³/mol.